The predicted octanol–water partition coefficient (Wildman–Crippen LogP) is 2.30. The molecular weight excluding hydrogens is 207 g/mol. The quantitative estimate of drug-likeness (QED) is 0.533. The van der Waals surface area contributed by atoms with Crippen LogP contribution in [-0.4, -0.2) is 5.11 Å². The number of anilines is 1. The summed E-state index contributed by atoms with van der Waals surface area (Å²) in [6, 6.07) is 2.08. The molecule has 1 aliphatic rings. The van der Waals surface area contributed by atoms with E-state index in [1.165, 1.54) is 6.07 Å². The Morgan fingerprint density at radius 3 is 2.56 bits per heavy atom. The van der Waals surface area contributed by atoms with Crippen molar-refractivity contribution >= 4 is 5.69 Å². The van der Waals surface area contributed by atoms with Gasteiger partial charge in [0, 0.05) is 17.7 Å². The van der Waals surface area contributed by atoms with Gasteiger partial charge in [0.2, 0.25) is 0 Å². The summed E-state index contributed by atoms with van der Waals surface area (Å²) in [4.78, 5) is 0. The van der Waals surface area contributed by atoms with Crippen molar-refractivity contribution in [1.29, 1.82) is 0 Å². The van der Waals surface area contributed by atoms with Gasteiger partial charge in [-0.15, -0.1) is 0 Å². The summed E-state index contributed by atoms with van der Waals surface area (Å²) in [5.74, 6) is -0.188. The van der Waals surface area contributed by atoms with Gasteiger partial charge in [-0.1, -0.05) is 12.8 Å². The molecule has 1 aromatic rings. The number of hydrogen-bond acceptors (Lipinski definition) is 3. The first-order chi connectivity index (χ1) is 7.59. The molecule has 3 nitrogen and oxygen atoms in total. The van der Waals surface area contributed by atoms with Crippen LogP contribution in [0.25, 0.3) is 0 Å². The van der Waals surface area contributed by atoms with E-state index in [1.54, 1.807) is 0 Å². The Labute approximate surface area is 94.3 Å². The molecule has 16 heavy (non-hydrogen) atoms. The zero-order chi connectivity index (χ0) is 11.7. The molecule has 0 radical (unpaired) electrons. The molecule has 4 heteroatoms. The van der Waals surface area contributed by atoms with Gasteiger partial charge in [-0.3, -0.25) is 0 Å². The molecule has 1 aliphatic carbocycles. The Kier molecular flexibility index (Phi) is 3.01. The third kappa shape index (κ3) is 1.97. The number of aromatic hydroxyl groups is 1. The van der Waals surface area contributed by atoms with Gasteiger partial charge < -0.3 is 16.6 Å². The van der Waals surface area contributed by atoms with E-state index in [9.17, 15) is 9.50 Å². The van der Waals surface area contributed by atoms with Gasteiger partial charge in [0.05, 0.1) is 5.69 Å². The number of hydrogen-bond donors (Lipinski definition) is 3. The van der Waals surface area contributed by atoms with Crippen molar-refractivity contribution in [3.05, 3.63) is 23.5 Å². The van der Waals surface area contributed by atoms with Gasteiger partial charge in [-0.05, 0) is 24.8 Å². The third-order valence-electron chi connectivity index (χ3n) is 3.40. The summed E-state index contributed by atoms with van der Waals surface area (Å²) in [7, 11) is 0. The second-order valence-corrected chi connectivity index (χ2v) is 4.50. The molecule has 0 unspecified atom stereocenters. The lowest BCUT2D eigenvalue weighted by atomic mass is 9.91. The monoisotopic (exact) mass is 224 g/mol. The Balaban J connectivity index is 2.31. The fourth-order valence-corrected chi connectivity index (χ4v) is 2.47. The van der Waals surface area contributed by atoms with E-state index in [0.717, 1.165) is 31.7 Å². The van der Waals surface area contributed by atoms with Crippen molar-refractivity contribution in [2.75, 3.05) is 5.73 Å². The molecule has 0 amide bonds. The minimum Gasteiger partial charge on any atom is -0.505 e. The highest BCUT2D eigenvalue weighted by Gasteiger charge is 2.26. The summed E-state index contributed by atoms with van der Waals surface area (Å²) in [6.07, 6.45) is 4.39. The van der Waals surface area contributed by atoms with Gasteiger partial charge in [0.25, 0.3) is 0 Å². The molecule has 88 valence electrons. The maximum Gasteiger partial charge on any atom is 0.143 e. The number of rotatable bonds is 2. The number of nitrogen functional groups attached to an aromatic ring is 1. The smallest absolute Gasteiger partial charge is 0.143 e. The van der Waals surface area contributed by atoms with Crippen LogP contribution in [0, 0.1) is 11.7 Å². The summed E-state index contributed by atoms with van der Waals surface area (Å²) in [5.41, 5.74) is 12.1. The summed E-state index contributed by atoms with van der Waals surface area (Å²) in [6.45, 7) is 0. The molecule has 1 saturated carbocycles. The van der Waals surface area contributed by atoms with Crippen LogP contribution in [0.1, 0.15) is 37.3 Å². The molecule has 1 aromatic carbocycles. The van der Waals surface area contributed by atoms with E-state index in [-0.39, 0.29) is 17.5 Å². The van der Waals surface area contributed by atoms with Gasteiger partial charge >= 0.3 is 0 Å². The first kappa shape index (κ1) is 11.2. The first-order valence-corrected chi connectivity index (χ1v) is 5.63. The topological polar surface area (TPSA) is 72.3 Å². The number of nitrogens with two attached hydrogens (primary N) is 2. The second-order valence-electron chi connectivity index (χ2n) is 4.50. The lowest BCUT2D eigenvalue weighted by Crippen LogP contribution is -2.19. The van der Waals surface area contributed by atoms with Crippen molar-refractivity contribution in [2.24, 2.45) is 11.7 Å². The van der Waals surface area contributed by atoms with Gasteiger partial charge in [-0.2, -0.15) is 0 Å². The van der Waals surface area contributed by atoms with E-state index in [4.69, 9.17) is 11.5 Å². The van der Waals surface area contributed by atoms with Crippen molar-refractivity contribution in [3.8, 4) is 5.75 Å². The number of phenols is 1. The molecule has 2 rings (SSSR count). The Morgan fingerprint density at radius 1 is 1.31 bits per heavy atom. The lowest BCUT2D eigenvalue weighted by molar-refractivity contribution is 0.411. The molecule has 1 fully saturated rings. The summed E-state index contributed by atoms with van der Waals surface area (Å²) in [5, 5.41) is 9.78. The van der Waals surface area contributed by atoms with Crippen molar-refractivity contribution < 1.29 is 9.50 Å². The lowest BCUT2D eigenvalue weighted by Gasteiger charge is -2.20. The largest absolute Gasteiger partial charge is 0.505 e. The fourth-order valence-electron chi connectivity index (χ4n) is 2.47. The molecule has 0 saturated heterocycles. The average Bonchev–Trinajstić information content (AvgIpc) is 2.75. The van der Waals surface area contributed by atoms with Gasteiger partial charge in [0.15, 0.2) is 0 Å². The highest BCUT2D eigenvalue weighted by atomic mass is 19.1. The van der Waals surface area contributed by atoms with Gasteiger partial charge in [-0.25, -0.2) is 4.39 Å². The van der Waals surface area contributed by atoms with Crippen LogP contribution in [0.5, 0.6) is 5.75 Å². The molecule has 1 atom stereocenters. The number of halogens is 1. The number of phenolic OH excluding ortho intramolecular Hbond substituents is 1. The molecule has 0 heterocycles. The van der Waals surface area contributed by atoms with E-state index in [1.807, 2.05) is 0 Å². The van der Waals surface area contributed by atoms with Crippen molar-refractivity contribution in [2.45, 2.75) is 31.7 Å². The van der Waals surface area contributed by atoms with Crippen LogP contribution in [0.15, 0.2) is 12.1 Å². The average molecular weight is 224 g/mol. The maximum atomic E-state index is 13.2. The SMILES string of the molecule is Nc1cc(F)cc([C@@H](N)C2CCCC2)c1O. The summed E-state index contributed by atoms with van der Waals surface area (Å²) >= 11 is 0. The molecule has 0 bridgehead atoms. The highest BCUT2D eigenvalue weighted by Crippen LogP contribution is 2.39. The maximum absolute atomic E-state index is 13.2. The molecular formula is C12H17FN2O. The van der Waals surface area contributed by atoms with Crippen molar-refractivity contribution in [1.82, 2.24) is 0 Å². The van der Waals surface area contributed by atoms with Crippen LogP contribution < -0.4 is 11.5 Å². The normalized spacial score (nSPS) is 18.9. The Bertz CT molecular complexity index is 389. The highest BCUT2D eigenvalue weighted by molar-refractivity contribution is 5.57. The van der Waals surface area contributed by atoms with Crippen LogP contribution in [0.3, 0.4) is 0 Å². The first-order valence-electron chi connectivity index (χ1n) is 5.63. The van der Waals surface area contributed by atoms with Crippen molar-refractivity contribution in [3.63, 3.8) is 0 Å². The van der Waals surface area contributed by atoms with Crippen LogP contribution >= 0.6 is 0 Å². The Hall–Kier alpha value is -1.29. The minimum absolute atomic E-state index is 0.0587. The molecule has 0 aliphatic heterocycles. The fraction of sp³-hybridized carbons (Fsp3) is 0.500. The summed E-state index contributed by atoms with van der Waals surface area (Å²) < 4.78 is 13.2. The zero-order valence-electron chi connectivity index (χ0n) is 9.12. The third-order valence-corrected chi connectivity index (χ3v) is 3.40. The van der Waals surface area contributed by atoms with E-state index in [0.29, 0.717) is 11.5 Å². The van der Waals surface area contributed by atoms with Crippen LogP contribution in [0.4, 0.5) is 10.1 Å². The predicted molar refractivity (Wildman–Crippen MR) is 61.4 cm³/mol. The standard InChI is InChI=1S/C12H17FN2O/c13-8-5-9(12(16)10(14)6-8)11(15)7-3-1-2-4-7/h5-7,11,16H,1-4,14-15H2/t11-/m0/s1. The molecule has 0 spiro atoms. The van der Waals surface area contributed by atoms with Crippen LogP contribution in [-0.2, 0) is 0 Å². The van der Waals surface area contributed by atoms with Crippen LogP contribution in [0.2, 0.25) is 0 Å². The molecule has 0 aromatic heterocycles. The zero-order valence-corrected chi connectivity index (χ0v) is 9.12. The van der Waals surface area contributed by atoms with Gasteiger partial charge in [0.1, 0.15) is 11.6 Å². The Morgan fingerprint density at radius 2 is 1.94 bits per heavy atom. The second kappa shape index (κ2) is 4.29. The minimum atomic E-state index is -0.446. The number of benzene rings is 1. The van der Waals surface area contributed by atoms with E-state index in [2.05, 4.69) is 0 Å². The molecule has 5 N–H and O–H groups in total. The van der Waals surface area contributed by atoms with E-state index >= 15 is 0 Å². The van der Waals surface area contributed by atoms with E-state index < -0.39 is 5.82 Å².